The number of carboxylic acids is 1. The summed E-state index contributed by atoms with van der Waals surface area (Å²) in [7, 11) is 0. The van der Waals surface area contributed by atoms with Gasteiger partial charge in [-0.2, -0.15) is 0 Å². The van der Waals surface area contributed by atoms with Gasteiger partial charge in [-0.1, -0.05) is 0 Å². The Morgan fingerprint density at radius 3 is 2.55 bits per heavy atom. The quantitative estimate of drug-likeness (QED) is 0.583. The molecule has 0 atom stereocenters. The summed E-state index contributed by atoms with van der Waals surface area (Å²) in [6.45, 7) is -0.237. The van der Waals surface area contributed by atoms with Crippen LogP contribution in [0.5, 0.6) is 0 Å². The zero-order chi connectivity index (χ0) is 15.0. The molecule has 1 aliphatic heterocycles. The van der Waals surface area contributed by atoms with Crippen molar-refractivity contribution in [1.82, 2.24) is 10.6 Å². The van der Waals surface area contributed by atoms with Crippen LogP contribution in [0, 0.1) is 0 Å². The van der Waals surface area contributed by atoms with Crippen molar-refractivity contribution in [2.45, 2.75) is 24.8 Å². The van der Waals surface area contributed by atoms with E-state index in [4.69, 9.17) is 4.74 Å². The first-order valence-corrected chi connectivity index (χ1v) is 6.19. The van der Waals surface area contributed by atoms with Crippen LogP contribution in [-0.2, 0) is 14.3 Å². The van der Waals surface area contributed by atoms with Gasteiger partial charge in [0.1, 0.15) is 12.1 Å². The van der Waals surface area contributed by atoms with E-state index in [0.29, 0.717) is 0 Å². The molecule has 1 saturated heterocycles. The predicted octanol–water partition coefficient (Wildman–Crippen LogP) is 0.201. The van der Waals surface area contributed by atoms with Crippen LogP contribution < -0.4 is 10.6 Å². The first kappa shape index (κ1) is 16.6. The van der Waals surface area contributed by atoms with Crippen molar-refractivity contribution in [3.05, 3.63) is 0 Å². The van der Waals surface area contributed by atoms with Crippen molar-refractivity contribution < 1.29 is 33.0 Å². The number of nitrogens with one attached hydrogen (secondary N) is 2. The fourth-order valence-electron chi connectivity index (χ4n) is 1.78. The van der Waals surface area contributed by atoms with Crippen molar-refractivity contribution in [3.63, 3.8) is 0 Å². The lowest BCUT2D eigenvalue weighted by molar-refractivity contribution is -0.148. The molecule has 7 nitrogen and oxygen atoms in total. The van der Waals surface area contributed by atoms with Crippen LogP contribution in [0.3, 0.4) is 0 Å². The molecule has 2 amide bonds. The fraction of sp³-hybridized carbons (Fsp3) is 0.818. The van der Waals surface area contributed by atoms with Crippen LogP contribution in [0.25, 0.3) is 0 Å². The average molecular weight is 296 g/mol. The van der Waals surface area contributed by atoms with Crippen molar-refractivity contribution >= 4 is 12.0 Å². The summed E-state index contributed by atoms with van der Waals surface area (Å²) in [5.74, 6) is -1.12. The number of urea groups is 1. The van der Waals surface area contributed by atoms with Crippen LogP contribution in [0.4, 0.5) is 13.6 Å². The molecular formula is C11H18F2N2O5. The van der Waals surface area contributed by atoms with E-state index in [1.54, 1.807) is 0 Å². The van der Waals surface area contributed by atoms with Gasteiger partial charge in [-0.15, -0.1) is 0 Å². The summed E-state index contributed by atoms with van der Waals surface area (Å²) in [5.41, 5.74) is -1.34. The fourth-order valence-corrected chi connectivity index (χ4v) is 1.78. The molecule has 0 saturated carbocycles. The highest BCUT2D eigenvalue weighted by Gasteiger charge is 2.41. The monoisotopic (exact) mass is 296 g/mol. The number of hydrogen-bond acceptors (Lipinski definition) is 4. The van der Waals surface area contributed by atoms with E-state index in [9.17, 15) is 23.5 Å². The van der Waals surface area contributed by atoms with E-state index in [0.717, 1.165) is 0 Å². The van der Waals surface area contributed by atoms with Gasteiger partial charge in [-0.05, 0) is 0 Å². The van der Waals surface area contributed by atoms with Crippen LogP contribution in [0.15, 0.2) is 0 Å². The Morgan fingerprint density at radius 2 is 2.00 bits per heavy atom. The summed E-state index contributed by atoms with van der Waals surface area (Å²) >= 11 is 0. The largest absolute Gasteiger partial charge is 0.480 e. The molecule has 3 N–H and O–H groups in total. The van der Waals surface area contributed by atoms with Gasteiger partial charge in [0, 0.05) is 32.6 Å². The van der Waals surface area contributed by atoms with Gasteiger partial charge in [-0.3, -0.25) is 0 Å². The smallest absolute Gasteiger partial charge is 0.329 e. The Hall–Kier alpha value is -1.48. The second-order valence-corrected chi connectivity index (χ2v) is 4.35. The van der Waals surface area contributed by atoms with E-state index in [2.05, 4.69) is 15.4 Å². The van der Waals surface area contributed by atoms with Crippen molar-refractivity contribution in [1.29, 1.82) is 0 Å². The molecule has 0 spiro atoms. The number of halogens is 2. The van der Waals surface area contributed by atoms with Gasteiger partial charge in [0.2, 0.25) is 0 Å². The Morgan fingerprint density at radius 1 is 1.35 bits per heavy atom. The molecule has 9 heteroatoms. The zero-order valence-electron chi connectivity index (χ0n) is 10.9. The molecule has 1 aliphatic rings. The molecule has 116 valence electrons. The van der Waals surface area contributed by atoms with E-state index < -0.39 is 30.6 Å². The first-order chi connectivity index (χ1) is 9.46. The lowest BCUT2D eigenvalue weighted by atomic mass is 9.90. The maximum atomic E-state index is 11.8. The van der Waals surface area contributed by atoms with Crippen LogP contribution in [0.1, 0.15) is 12.8 Å². The topological polar surface area (TPSA) is 96.9 Å². The number of aliphatic carboxylic acids is 1. The van der Waals surface area contributed by atoms with E-state index in [1.165, 1.54) is 0 Å². The Kier molecular flexibility index (Phi) is 6.59. The third kappa shape index (κ3) is 5.25. The van der Waals surface area contributed by atoms with Gasteiger partial charge in [0.05, 0.1) is 6.61 Å². The third-order valence-electron chi connectivity index (χ3n) is 2.88. The summed E-state index contributed by atoms with van der Waals surface area (Å²) in [5, 5.41) is 14.0. The number of amides is 2. The zero-order valence-corrected chi connectivity index (χ0v) is 10.9. The maximum absolute atomic E-state index is 11.8. The second-order valence-electron chi connectivity index (χ2n) is 4.35. The minimum absolute atomic E-state index is 0.0186. The number of carboxylic acid groups (broad SMARTS) is 1. The Balaban J connectivity index is 2.30. The molecule has 0 aromatic rings. The molecule has 0 bridgehead atoms. The van der Waals surface area contributed by atoms with Crippen molar-refractivity contribution in [3.8, 4) is 0 Å². The lowest BCUT2D eigenvalue weighted by Crippen LogP contribution is -2.59. The predicted molar refractivity (Wildman–Crippen MR) is 63.8 cm³/mol. The summed E-state index contributed by atoms with van der Waals surface area (Å²) < 4.78 is 33.2. The van der Waals surface area contributed by atoms with E-state index >= 15 is 0 Å². The first-order valence-electron chi connectivity index (χ1n) is 6.19. The molecule has 0 aliphatic carbocycles. The molecule has 1 fully saturated rings. The third-order valence-corrected chi connectivity index (χ3v) is 2.88. The van der Waals surface area contributed by atoms with E-state index in [-0.39, 0.29) is 39.2 Å². The van der Waals surface area contributed by atoms with Gasteiger partial charge < -0.3 is 25.2 Å². The van der Waals surface area contributed by atoms with Gasteiger partial charge in [-0.25, -0.2) is 18.4 Å². The average Bonchev–Trinajstić information content (AvgIpc) is 2.38. The summed E-state index contributed by atoms with van der Waals surface area (Å²) in [4.78, 5) is 22.8. The number of hydrogen-bond donors (Lipinski definition) is 3. The standard InChI is InChI=1S/C11H18F2N2O5/c12-8(13)7-20-6-3-14-10(18)15-11(9(16)17)1-4-19-5-2-11/h8H,1-7H2,(H,16,17)(H2,14,15,18). The van der Waals surface area contributed by atoms with Gasteiger partial charge in [0.15, 0.2) is 0 Å². The number of ether oxygens (including phenoxy) is 2. The summed E-state index contributed by atoms with van der Waals surface area (Å²) in [6.07, 6.45) is -2.20. The minimum Gasteiger partial charge on any atom is -0.480 e. The molecule has 0 radical (unpaired) electrons. The highest BCUT2D eigenvalue weighted by molar-refractivity contribution is 5.86. The Labute approximate surface area is 114 Å². The van der Waals surface area contributed by atoms with Crippen LogP contribution in [-0.4, -0.2) is 62.0 Å². The molecule has 0 unspecified atom stereocenters. The Bertz CT molecular complexity index is 335. The van der Waals surface area contributed by atoms with Crippen molar-refractivity contribution in [2.24, 2.45) is 0 Å². The van der Waals surface area contributed by atoms with Crippen LogP contribution >= 0.6 is 0 Å². The normalized spacial score (nSPS) is 17.8. The highest BCUT2D eigenvalue weighted by Crippen LogP contribution is 2.20. The van der Waals surface area contributed by atoms with Crippen LogP contribution in [0.2, 0.25) is 0 Å². The lowest BCUT2D eigenvalue weighted by Gasteiger charge is -2.33. The summed E-state index contributed by atoms with van der Waals surface area (Å²) in [6, 6.07) is -0.671. The maximum Gasteiger partial charge on any atom is 0.329 e. The molecule has 1 rings (SSSR count). The highest BCUT2D eigenvalue weighted by atomic mass is 19.3. The van der Waals surface area contributed by atoms with Crippen molar-refractivity contribution in [2.75, 3.05) is 33.0 Å². The molecule has 0 aromatic heterocycles. The molecular weight excluding hydrogens is 278 g/mol. The molecule has 20 heavy (non-hydrogen) atoms. The van der Waals surface area contributed by atoms with Gasteiger partial charge >= 0.3 is 12.0 Å². The second kappa shape index (κ2) is 7.95. The number of carbonyl (C=O) groups is 2. The number of rotatable bonds is 7. The SMILES string of the molecule is O=C(NCCOCC(F)F)NC1(C(=O)O)CCOCC1. The van der Waals surface area contributed by atoms with Gasteiger partial charge in [0.25, 0.3) is 6.43 Å². The number of alkyl halides is 2. The number of carbonyl (C=O) groups excluding carboxylic acids is 1. The minimum atomic E-state index is -2.55. The van der Waals surface area contributed by atoms with E-state index in [1.807, 2.05) is 0 Å². The molecule has 0 aromatic carbocycles. The molecule has 1 heterocycles.